The summed E-state index contributed by atoms with van der Waals surface area (Å²) in [6.07, 6.45) is -3.86. The van der Waals surface area contributed by atoms with Crippen LogP contribution in [0.15, 0.2) is 30.6 Å². The zero-order chi connectivity index (χ0) is 14.9. The van der Waals surface area contributed by atoms with Gasteiger partial charge in [-0.25, -0.2) is 4.68 Å². The van der Waals surface area contributed by atoms with E-state index in [9.17, 15) is 18.3 Å². The molecular weight excluding hydrogens is 271 g/mol. The molecule has 1 atom stereocenters. The van der Waals surface area contributed by atoms with Crippen LogP contribution in [0.25, 0.3) is 5.69 Å². The lowest BCUT2D eigenvalue weighted by Gasteiger charge is -2.12. The van der Waals surface area contributed by atoms with Crippen LogP contribution in [0, 0.1) is 11.3 Å². The number of aliphatic hydroxyl groups excluding tert-OH is 1. The minimum absolute atomic E-state index is 0.245. The van der Waals surface area contributed by atoms with E-state index in [1.54, 1.807) is 0 Å². The highest BCUT2D eigenvalue weighted by Gasteiger charge is 2.32. The van der Waals surface area contributed by atoms with Crippen LogP contribution in [0.5, 0.6) is 0 Å². The standard InChI is InChI=1S/C13H10F3N3O/c1-8(20)11-3-2-9(5-17)4-12(11)19-7-10(6-18-19)13(14,15)16/h2-4,6-8,20H,1H3/t8-/m0/s1. The molecular formula is C13H10F3N3O. The average Bonchev–Trinajstić information content (AvgIpc) is 2.87. The first-order valence-corrected chi connectivity index (χ1v) is 5.67. The summed E-state index contributed by atoms with van der Waals surface area (Å²) in [6.45, 7) is 1.49. The second-order valence-electron chi connectivity index (χ2n) is 4.23. The molecule has 7 heteroatoms. The number of nitriles is 1. The van der Waals surface area contributed by atoms with E-state index in [0.717, 1.165) is 10.9 Å². The summed E-state index contributed by atoms with van der Waals surface area (Å²) in [5, 5.41) is 22.1. The van der Waals surface area contributed by atoms with Crippen LogP contribution in [0.4, 0.5) is 13.2 Å². The van der Waals surface area contributed by atoms with Crippen LogP contribution < -0.4 is 0 Å². The van der Waals surface area contributed by atoms with Crippen molar-refractivity contribution in [1.29, 1.82) is 5.26 Å². The molecule has 104 valence electrons. The lowest BCUT2D eigenvalue weighted by molar-refractivity contribution is -0.137. The van der Waals surface area contributed by atoms with E-state index in [1.807, 2.05) is 6.07 Å². The fourth-order valence-electron chi connectivity index (χ4n) is 1.77. The van der Waals surface area contributed by atoms with Crippen LogP contribution >= 0.6 is 0 Å². The molecule has 0 aliphatic rings. The second kappa shape index (κ2) is 4.98. The number of nitrogens with zero attached hydrogens (tertiary/aromatic N) is 3. The average molecular weight is 281 g/mol. The van der Waals surface area contributed by atoms with Gasteiger partial charge >= 0.3 is 6.18 Å². The molecule has 0 spiro atoms. The van der Waals surface area contributed by atoms with Gasteiger partial charge in [0.1, 0.15) is 0 Å². The summed E-state index contributed by atoms with van der Waals surface area (Å²) < 4.78 is 38.7. The minimum atomic E-state index is -4.49. The van der Waals surface area contributed by atoms with E-state index >= 15 is 0 Å². The number of alkyl halides is 3. The summed E-state index contributed by atoms with van der Waals surface area (Å²) >= 11 is 0. The maximum Gasteiger partial charge on any atom is 0.419 e. The normalized spacial score (nSPS) is 13.0. The van der Waals surface area contributed by atoms with Gasteiger partial charge in [-0.05, 0) is 19.1 Å². The highest BCUT2D eigenvalue weighted by molar-refractivity contribution is 5.48. The molecule has 0 aliphatic heterocycles. The van der Waals surface area contributed by atoms with Crippen LogP contribution in [0.3, 0.4) is 0 Å². The van der Waals surface area contributed by atoms with Gasteiger partial charge in [0.2, 0.25) is 0 Å². The van der Waals surface area contributed by atoms with E-state index in [-0.39, 0.29) is 11.3 Å². The molecule has 2 rings (SSSR count). The van der Waals surface area contributed by atoms with Crippen molar-refractivity contribution in [3.05, 3.63) is 47.3 Å². The Morgan fingerprint density at radius 2 is 2.10 bits per heavy atom. The van der Waals surface area contributed by atoms with Crippen molar-refractivity contribution in [3.63, 3.8) is 0 Å². The van der Waals surface area contributed by atoms with Crippen LogP contribution in [-0.2, 0) is 6.18 Å². The van der Waals surface area contributed by atoms with E-state index < -0.39 is 17.8 Å². The molecule has 1 heterocycles. The van der Waals surface area contributed by atoms with Gasteiger partial charge in [0.25, 0.3) is 0 Å². The Balaban J connectivity index is 2.56. The van der Waals surface area contributed by atoms with Gasteiger partial charge in [-0.3, -0.25) is 0 Å². The van der Waals surface area contributed by atoms with Crippen molar-refractivity contribution in [2.45, 2.75) is 19.2 Å². The van der Waals surface area contributed by atoms with Gasteiger partial charge in [0.15, 0.2) is 0 Å². The SMILES string of the molecule is C[C@H](O)c1ccc(C#N)cc1-n1cc(C(F)(F)F)cn1. The highest BCUT2D eigenvalue weighted by atomic mass is 19.4. The molecule has 0 saturated heterocycles. The zero-order valence-corrected chi connectivity index (χ0v) is 10.4. The fourth-order valence-corrected chi connectivity index (χ4v) is 1.77. The number of benzene rings is 1. The molecule has 2 aromatic rings. The molecule has 0 fully saturated rings. The first-order chi connectivity index (χ1) is 9.32. The molecule has 0 bridgehead atoms. The van der Waals surface area contributed by atoms with E-state index in [0.29, 0.717) is 11.8 Å². The van der Waals surface area contributed by atoms with Gasteiger partial charge in [-0.2, -0.15) is 23.5 Å². The summed E-state index contributed by atoms with van der Waals surface area (Å²) in [4.78, 5) is 0. The lowest BCUT2D eigenvalue weighted by atomic mass is 10.1. The monoisotopic (exact) mass is 281 g/mol. The second-order valence-corrected chi connectivity index (χ2v) is 4.23. The van der Waals surface area contributed by atoms with Crippen LogP contribution in [-0.4, -0.2) is 14.9 Å². The van der Waals surface area contributed by atoms with E-state index in [4.69, 9.17) is 5.26 Å². The maximum atomic E-state index is 12.6. The quantitative estimate of drug-likeness (QED) is 0.920. The predicted molar refractivity (Wildman–Crippen MR) is 63.9 cm³/mol. The topological polar surface area (TPSA) is 61.8 Å². The zero-order valence-electron chi connectivity index (χ0n) is 10.4. The van der Waals surface area contributed by atoms with Gasteiger partial charge in [0, 0.05) is 11.8 Å². The molecule has 1 N–H and O–H groups in total. The van der Waals surface area contributed by atoms with Crippen molar-refractivity contribution in [1.82, 2.24) is 9.78 Å². The number of hydrogen-bond acceptors (Lipinski definition) is 3. The van der Waals surface area contributed by atoms with Crippen molar-refractivity contribution < 1.29 is 18.3 Å². The Bertz CT molecular complexity index is 668. The Labute approximate surface area is 112 Å². The number of aromatic nitrogens is 2. The third-order valence-electron chi connectivity index (χ3n) is 2.77. The summed E-state index contributed by atoms with van der Waals surface area (Å²) in [7, 11) is 0. The third kappa shape index (κ3) is 2.65. The molecule has 1 aromatic carbocycles. The summed E-state index contributed by atoms with van der Waals surface area (Å²) in [5.74, 6) is 0. The molecule has 4 nitrogen and oxygen atoms in total. The molecule has 20 heavy (non-hydrogen) atoms. The molecule has 0 amide bonds. The van der Waals surface area contributed by atoms with E-state index in [2.05, 4.69) is 5.10 Å². The smallest absolute Gasteiger partial charge is 0.389 e. The van der Waals surface area contributed by atoms with Crippen LogP contribution in [0.2, 0.25) is 0 Å². The van der Waals surface area contributed by atoms with Gasteiger partial charge in [-0.1, -0.05) is 6.07 Å². The molecule has 0 saturated carbocycles. The Morgan fingerprint density at radius 3 is 2.60 bits per heavy atom. The van der Waals surface area contributed by atoms with Crippen LogP contribution in [0.1, 0.15) is 29.7 Å². The largest absolute Gasteiger partial charge is 0.419 e. The predicted octanol–water partition coefficient (Wildman–Crippen LogP) is 2.82. The minimum Gasteiger partial charge on any atom is -0.389 e. The Hall–Kier alpha value is -2.33. The summed E-state index contributed by atoms with van der Waals surface area (Å²) in [5.41, 5.74) is 0.0141. The van der Waals surface area contributed by atoms with Crippen molar-refractivity contribution in [2.75, 3.05) is 0 Å². The van der Waals surface area contributed by atoms with Crippen molar-refractivity contribution in [3.8, 4) is 11.8 Å². The number of halogens is 3. The Kier molecular flexibility index (Phi) is 3.51. The third-order valence-corrected chi connectivity index (χ3v) is 2.77. The van der Waals surface area contributed by atoms with Crippen molar-refractivity contribution in [2.24, 2.45) is 0 Å². The highest BCUT2D eigenvalue weighted by Crippen LogP contribution is 2.30. The Morgan fingerprint density at radius 1 is 1.40 bits per heavy atom. The van der Waals surface area contributed by atoms with Gasteiger partial charge in [-0.15, -0.1) is 0 Å². The maximum absolute atomic E-state index is 12.6. The van der Waals surface area contributed by atoms with Gasteiger partial charge < -0.3 is 5.11 Å². The number of hydrogen-bond donors (Lipinski definition) is 1. The lowest BCUT2D eigenvalue weighted by Crippen LogP contribution is -2.05. The number of rotatable bonds is 2. The van der Waals surface area contributed by atoms with Crippen molar-refractivity contribution >= 4 is 0 Å². The van der Waals surface area contributed by atoms with E-state index in [1.165, 1.54) is 25.1 Å². The molecule has 0 radical (unpaired) electrons. The first-order valence-electron chi connectivity index (χ1n) is 5.67. The molecule has 0 unspecified atom stereocenters. The molecule has 0 aliphatic carbocycles. The molecule has 1 aromatic heterocycles. The van der Waals surface area contributed by atoms with Gasteiger partial charge in [0.05, 0.1) is 35.2 Å². The summed E-state index contributed by atoms with van der Waals surface area (Å²) in [6, 6.07) is 6.26. The number of aliphatic hydroxyl groups is 1. The fraction of sp³-hybridized carbons (Fsp3) is 0.231. The first kappa shape index (κ1) is 14.1.